The quantitative estimate of drug-likeness (QED) is 0.291. The van der Waals surface area contributed by atoms with E-state index in [0.717, 1.165) is 53.9 Å². The number of carbonyl (C=O) groups is 2. The van der Waals surface area contributed by atoms with E-state index in [4.69, 9.17) is 14.6 Å². The summed E-state index contributed by atoms with van der Waals surface area (Å²) in [5, 5.41) is 8.76. The molecule has 4 rings (SSSR count). The number of carbonyl (C=O) groups excluding carboxylic acids is 1. The molecule has 3 aromatic carbocycles. The van der Waals surface area contributed by atoms with Gasteiger partial charge in [0, 0.05) is 30.1 Å². The summed E-state index contributed by atoms with van der Waals surface area (Å²) < 4.78 is 11.3. The molecule has 1 fully saturated rings. The fourth-order valence-electron chi connectivity index (χ4n) is 4.22. The molecule has 0 aromatic heterocycles. The van der Waals surface area contributed by atoms with E-state index in [1.807, 2.05) is 77.7 Å². The molecule has 6 heteroatoms. The fraction of sp³-hybridized carbons (Fsp3) is 0.333. The maximum atomic E-state index is 13.5. The molecule has 3 aromatic rings. The number of benzene rings is 3. The van der Waals surface area contributed by atoms with Crippen LogP contribution in [0.4, 0.5) is 0 Å². The number of ether oxygens (including phenoxy) is 2. The molecule has 1 aliphatic carbocycles. The van der Waals surface area contributed by atoms with Gasteiger partial charge in [0.05, 0.1) is 13.7 Å². The van der Waals surface area contributed by atoms with Crippen LogP contribution < -0.4 is 9.47 Å². The van der Waals surface area contributed by atoms with Crippen LogP contribution >= 0.6 is 0 Å². The second kappa shape index (κ2) is 12.2. The third-order valence-electron chi connectivity index (χ3n) is 6.39. The van der Waals surface area contributed by atoms with Gasteiger partial charge in [-0.25, -0.2) is 0 Å². The monoisotopic (exact) mass is 487 g/mol. The minimum absolute atomic E-state index is 0.0261. The lowest BCUT2D eigenvalue weighted by Crippen LogP contribution is -2.32. The van der Waals surface area contributed by atoms with Crippen molar-refractivity contribution in [1.82, 2.24) is 4.90 Å². The normalized spacial score (nSPS) is 12.7. The molecule has 1 saturated carbocycles. The van der Waals surface area contributed by atoms with Crippen LogP contribution in [0.15, 0.2) is 72.8 Å². The minimum atomic E-state index is -0.763. The van der Waals surface area contributed by atoms with Crippen LogP contribution in [0.5, 0.6) is 11.5 Å². The SMILES string of the molecule is COc1cccc(-c2ccc(C(=O)N(Cc3ccccc3OCCCCCC(=O)O)C3CC3)cc2)c1. The first-order valence-electron chi connectivity index (χ1n) is 12.5. The van der Waals surface area contributed by atoms with E-state index in [0.29, 0.717) is 25.1 Å². The highest BCUT2D eigenvalue weighted by atomic mass is 16.5. The zero-order valence-corrected chi connectivity index (χ0v) is 20.7. The van der Waals surface area contributed by atoms with Gasteiger partial charge in [0.1, 0.15) is 11.5 Å². The Bertz CT molecular complexity index is 1170. The topological polar surface area (TPSA) is 76.1 Å². The summed E-state index contributed by atoms with van der Waals surface area (Å²) in [7, 11) is 1.65. The van der Waals surface area contributed by atoms with E-state index in [-0.39, 0.29) is 18.4 Å². The van der Waals surface area contributed by atoms with Crippen LogP contribution in [0.25, 0.3) is 11.1 Å². The van der Waals surface area contributed by atoms with E-state index in [9.17, 15) is 9.59 Å². The number of carboxylic acid groups (broad SMARTS) is 1. The Morgan fingerprint density at radius 3 is 2.42 bits per heavy atom. The zero-order chi connectivity index (χ0) is 25.3. The van der Waals surface area contributed by atoms with E-state index in [1.165, 1.54) is 0 Å². The fourth-order valence-corrected chi connectivity index (χ4v) is 4.22. The Hall–Kier alpha value is -3.80. The molecule has 0 aliphatic heterocycles. The van der Waals surface area contributed by atoms with Crippen molar-refractivity contribution >= 4 is 11.9 Å². The highest BCUT2D eigenvalue weighted by molar-refractivity contribution is 5.95. The molecular weight excluding hydrogens is 454 g/mol. The number of aliphatic carboxylic acids is 1. The summed E-state index contributed by atoms with van der Waals surface area (Å²) in [5.74, 6) is 0.843. The zero-order valence-electron chi connectivity index (χ0n) is 20.7. The van der Waals surface area contributed by atoms with Crippen molar-refractivity contribution in [2.24, 2.45) is 0 Å². The van der Waals surface area contributed by atoms with Crippen LogP contribution in [0.1, 0.15) is 54.4 Å². The largest absolute Gasteiger partial charge is 0.497 e. The van der Waals surface area contributed by atoms with Gasteiger partial charge in [-0.15, -0.1) is 0 Å². The van der Waals surface area contributed by atoms with Gasteiger partial charge in [-0.05, 0) is 73.6 Å². The number of amides is 1. The van der Waals surface area contributed by atoms with Gasteiger partial charge in [-0.2, -0.15) is 0 Å². The lowest BCUT2D eigenvalue weighted by molar-refractivity contribution is -0.137. The van der Waals surface area contributed by atoms with E-state index < -0.39 is 5.97 Å². The first kappa shape index (κ1) is 25.3. The minimum Gasteiger partial charge on any atom is -0.497 e. The van der Waals surface area contributed by atoms with Crippen LogP contribution in [-0.2, 0) is 11.3 Å². The molecule has 1 N–H and O–H groups in total. The Morgan fingerprint density at radius 2 is 1.69 bits per heavy atom. The van der Waals surface area contributed by atoms with Gasteiger partial charge in [0.15, 0.2) is 0 Å². The summed E-state index contributed by atoms with van der Waals surface area (Å²) >= 11 is 0. The third kappa shape index (κ3) is 6.87. The Morgan fingerprint density at radius 1 is 0.917 bits per heavy atom. The first-order valence-corrected chi connectivity index (χ1v) is 12.5. The summed E-state index contributed by atoms with van der Waals surface area (Å²) in [6.07, 6.45) is 4.48. The molecule has 0 heterocycles. The molecule has 0 spiro atoms. The number of unbranched alkanes of at least 4 members (excludes halogenated alkanes) is 2. The predicted molar refractivity (Wildman–Crippen MR) is 139 cm³/mol. The average molecular weight is 488 g/mol. The molecular formula is C30H33NO5. The Balaban J connectivity index is 1.41. The number of methoxy groups -OCH3 is 1. The Labute approximate surface area is 212 Å². The lowest BCUT2D eigenvalue weighted by atomic mass is 10.0. The third-order valence-corrected chi connectivity index (χ3v) is 6.39. The van der Waals surface area contributed by atoms with Gasteiger partial charge in [-0.3, -0.25) is 9.59 Å². The predicted octanol–water partition coefficient (Wildman–Crippen LogP) is 6.19. The van der Waals surface area contributed by atoms with Gasteiger partial charge >= 0.3 is 5.97 Å². The highest BCUT2D eigenvalue weighted by Crippen LogP contribution is 2.32. The number of para-hydroxylation sites is 1. The van der Waals surface area contributed by atoms with Crippen LogP contribution in [-0.4, -0.2) is 41.6 Å². The second-order valence-electron chi connectivity index (χ2n) is 9.13. The number of nitrogens with zero attached hydrogens (tertiary/aromatic N) is 1. The van der Waals surface area contributed by atoms with Gasteiger partial charge < -0.3 is 19.5 Å². The van der Waals surface area contributed by atoms with Crippen molar-refractivity contribution in [2.45, 2.75) is 51.1 Å². The molecule has 1 aliphatic rings. The maximum Gasteiger partial charge on any atom is 0.303 e. The molecule has 0 bridgehead atoms. The van der Waals surface area contributed by atoms with Crippen LogP contribution in [0, 0.1) is 0 Å². The highest BCUT2D eigenvalue weighted by Gasteiger charge is 2.33. The van der Waals surface area contributed by atoms with Gasteiger partial charge in [0.25, 0.3) is 5.91 Å². The number of rotatable bonds is 13. The van der Waals surface area contributed by atoms with Crippen LogP contribution in [0.2, 0.25) is 0 Å². The van der Waals surface area contributed by atoms with E-state index >= 15 is 0 Å². The molecule has 1 amide bonds. The van der Waals surface area contributed by atoms with Crippen LogP contribution in [0.3, 0.4) is 0 Å². The van der Waals surface area contributed by atoms with E-state index in [2.05, 4.69) is 0 Å². The van der Waals surface area contributed by atoms with Gasteiger partial charge in [0.2, 0.25) is 0 Å². The van der Waals surface area contributed by atoms with Crippen molar-refractivity contribution in [3.63, 3.8) is 0 Å². The van der Waals surface area contributed by atoms with Crippen molar-refractivity contribution in [1.29, 1.82) is 0 Å². The maximum absolute atomic E-state index is 13.5. The second-order valence-corrected chi connectivity index (χ2v) is 9.13. The molecule has 36 heavy (non-hydrogen) atoms. The summed E-state index contributed by atoms with van der Waals surface area (Å²) in [4.78, 5) is 26.1. The molecule has 0 radical (unpaired) electrons. The first-order chi connectivity index (χ1) is 17.5. The van der Waals surface area contributed by atoms with E-state index in [1.54, 1.807) is 7.11 Å². The molecule has 188 valence electrons. The summed E-state index contributed by atoms with van der Waals surface area (Å²) in [6, 6.07) is 23.7. The summed E-state index contributed by atoms with van der Waals surface area (Å²) in [6.45, 7) is 1.02. The summed E-state index contributed by atoms with van der Waals surface area (Å²) in [5.41, 5.74) is 3.73. The Kier molecular flexibility index (Phi) is 8.61. The number of hydrogen-bond donors (Lipinski definition) is 1. The smallest absolute Gasteiger partial charge is 0.303 e. The molecule has 0 unspecified atom stereocenters. The number of hydrogen-bond acceptors (Lipinski definition) is 4. The lowest BCUT2D eigenvalue weighted by Gasteiger charge is -2.24. The molecule has 6 nitrogen and oxygen atoms in total. The van der Waals surface area contributed by atoms with Crippen molar-refractivity contribution in [2.75, 3.05) is 13.7 Å². The van der Waals surface area contributed by atoms with Gasteiger partial charge in [-0.1, -0.05) is 42.5 Å². The van der Waals surface area contributed by atoms with Crippen molar-refractivity contribution in [3.8, 4) is 22.6 Å². The van der Waals surface area contributed by atoms with Crippen molar-refractivity contribution in [3.05, 3.63) is 83.9 Å². The standard InChI is InChI=1S/C30H33NO5/c1-35-27-10-7-9-24(20-27)22-13-15-23(16-14-22)30(34)31(26-17-18-26)21-25-8-4-5-11-28(25)36-19-6-2-3-12-29(32)33/h4-5,7-11,13-16,20,26H,2-3,6,12,17-19,21H2,1H3,(H,32,33). The average Bonchev–Trinajstić information content (AvgIpc) is 3.75. The molecule has 0 saturated heterocycles. The molecule has 0 atom stereocenters. The van der Waals surface area contributed by atoms with Crippen molar-refractivity contribution < 1.29 is 24.2 Å². The number of carboxylic acids is 1.